The number of pyridine rings is 1. The summed E-state index contributed by atoms with van der Waals surface area (Å²) < 4.78 is 42.6. The van der Waals surface area contributed by atoms with Gasteiger partial charge in [-0.15, -0.1) is 13.2 Å². The van der Waals surface area contributed by atoms with Crippen molar-refractivity contribution in [2.45, 2.75) is 20.2 Å². The number of hydrogen-bond acceptors (Lipinski definition) is 3. The number of nitrogens with one attached hydrogen (secondary N) is 1. The minimum Gasteiger partial charge on any atom is -0.406 e. The van der Waals surface area contributed by atoms with E-state index in [-0.39, 0.29) is 5.75 Å². The fourth-order valence-electron chi connectivity index (χ4n) is 3.21. The number of imidazole rings is 1. The molecule has 0 bridgehead atoms. The summed E-state index contributed by atoms with van der Waals surface area (Å²) in [4.78, 5) is 17.8. The third kappa shape index (κ3) is 4.53. The van der Waals surface area contributed by atoms with Crippen LogP contribution < -0.4 is 10.1 Å². The van der Waals surface area contributed by atoms with Gasteiger partial charge in [0.25, 0.3) is 5.91 Å². The third-order valence-corrected chi connectivity index (χ3v) is 4.65. The zero-order valence-corrected chi connectivity index (χ0v) is 16.7. The van der Waals surface area contributed by atoms with Crippen molar-refractivity contribution in [3.05, 3.63) is 83.7 Å². The Balaban J connectivity index is 1.70. The second-order valence-corrected chi connectivity index (χ2v) is 7.14. The summed E-state index contributed by atoms with van der Waals surface area (Å²) in [6.07, 6.45) is -2.96. The van der Waals surface area contributed by atoms with Crippen LogP contribution in [0.1, 0.15) is 21.6 Å². The van der Waals surface area contributed by atoms with Gasteiger partial charge in [0.15, 0.2) is 0 Å². The minimum absolute atomic E-state index is 0.331. The second-order valence-electron chi connectivity index (χ2n) is 7.14. The van der Waals surface area contributed by atoms with Crippen LogP contribution in [0.3, 0.4) is 0 Å². The predicted octanol–water partition coefficient (Wildman–Crippen LogP) is 5.77. The van der Waals surface area contributed by atoms with Gasteiger partial charge in [-0.25, -0.2) is 4.98 Å². The fourth-order valence-corrected chi connectivity index (χ4v) is 3.21. The summed E-state index contributed by atoms with van der Waals surface area (Å²) in [5.41, 5.74) is 4.60. The number of carbonyl (C=O) groups is 1. The van der Waals surface area contributed by atoms with Crippen molar-refractivity contribution >= 4 is 17.2 Å². The van der Waals surface area contributed by atoms with Gasteiger partial charge in [-0.3, -0.25) is 9.20 Å². The molecule has 31 heavy (non-hydrogen) atoms. The van der Waals surface area contributed by atoms with Crippen molar-refractivity contribution in [2.24, 2.45) is 0 Å². The van der Waals surface area contributed by atoms with Crippen LogP contribution in [-0.4, -0.2) is 21.7 Å². The molecule has 0 unspecified atom stereocenters. The van der Waals surface area contributed by atoms with Crippen LogP contribution in [0, 0.1) is 13.8 Å². The quantitative estimate of drug-likeness (QED) is 0.452. The Bertz CT molecular complexity index is 1240. The van der Waals surface area contributed by atoms with Gasteiger partial charge in [0, 0.05) is 17.4 Å². The van der Waals surface area contributed by atoms with E-state index in [2.05, 4.69) is 15.0 Å². The van der Waals surface area contributed by atoms with Crippen molar-refractivity contribution in [1.82, 2.24) is 9.38 Å². The number of benzene rings is 2. The van der Waals surface area contributed by atoms with E-state index in [0.29, 0.717) is 22.7 Å². The molecule has 1 N–H and O–H groups in total. The van der Waals surface area contributed by atoms with Crippen molar-refractivity contribution < 1.29 is 22.7 Å². The first-order valence-electron chi connectivity index (χ1n) is 9.42. The Hall–Kier alpha value is -3.81. The third-order valence-electron chi connectivity index (χ3n) is 4.65. The Morgan fingerprint density at radius 3 is 2.23 bits per heavy atom. The summed E-state index contributed by atoms with van der Waals surface area (Å²) in [7, 11) is 0. The number of amides is 1. The maximum absolute atomic E-state index is 13.2. The monoisotopic (exact) mass is 425 g/mol. The van der Waals surface area contributed by atoms with Crippen LogP contribution in [0.25, 0.3) is 16.9 Å². The van der Waals surface area contributed by atoms with Crippen molar-refractivity contribution in [3.8, 4) is 17.0 Å². The molecule has 0 spiro atoms. The molecule has 2 aromatic carbocycles. The number of aryl methyl sites for hydroxylation is 2. The number of halogens is 3. The van der Waals surface area contributed by atoms with Gasteiger partial charge in [-0.2, -0.15) is 0 Å². The van der Waals surface area contributed by atoms with E-state index in [1.165, 1.54) is 12.1 Å². The molecule has 0 aliphatic heterocycles. The molecule has 5 nitrogen and oxygen atoms in total. The van der Waals surface area contributed by atoms with Crippen LogP contribution in [0.15, 0.2) is 66.9 Å². The maximum Gasteiger partial charge on any atom is 0.573 e. The van der Waals surface area contributed by atoms with Crippen LogP contribution in [-0.2, 0) is 0 Å². The molecule has 0 aliphatic rings. The predicted molar refractivity (Wildman–Crippen MR) is 111 cm³/mol. The minimum atomic E-state index is -4.78. The highest BCUT2D eigenvalue weighted by Gasteiger charge is 2.31. The molecule has 0 radical (unpaired) electrons. The number of nitrogens with zero attached hydrogens (tertiary/aromatic N) is 2. The molecule has 0 saturated heterocycles. The van der Waals surface area contributed by atoms with Gasteiger partial charge in [-0.05, 0) is 49.7 Å². The highest BCUT2D eigenvalue weighted by atomic mass is 19.4. The number of anilines is 1. The van der Waals surface area contributed by atoms with Crippen LogP contribution in [0.5, 0.6) is 5.75 Å². The average molecular weight is 425 g/mol. The molecule has 2 heterocycles. The molecule has 1 amide bonds. The zero-order valence-electron chi connectivity index (χ0n) is 16.7. The van der Waals surface area contributed by atoms with Crippen LogP contribution in [0.4, 0.5) is 18.9 Å². The van der Waals surface area contributed by atoms with Crippen LogP contribution >= 0.6 is 0 Å². The molecular weight excluding hydrogens is 407 g/mol. The molecule has 4 aromatic rings. The van der Waals surface area contributed by atoms with Crippen molar-refractivity contribution in [3.63, 3.8) is 0 Å². The molecule has 2 aromatic heterocycles. The summed E-state index contributed by atoms with van der Waals surface area (Å²) in [6, 6.07) is 16.4. The highest BCUT2D eigenvalue weighted by molar-refractivity contribution is 6.07. The van der Waals surface area contributed by atoms with Gasteiger partial charge in [0.1, 0.15) is 22.8 Å². The second kappa shape index (κ2) is 7.79. The number of alkyl halides is 3. The summed E-state index contributed by atoms with van der Waals surface area (Å²) >= 11 is 0. The standard InChI is InChI=1S/C23H18F3N3O2/c1-14-3-6-16(7-4-14)20-21(29-13-15(2)5-12-19(29)28-20)22(30)27-17-8-10-18(11-9-17)31-23(24,25)26/h3-13H,1-2H3,(H,27,30). The summed E-state index contributed by atoms with van der Waals surface area (Å²) in [6.45, 7) is 3.88. The molecule has 0 atom stereocenters. The first kappa shape index (κ1) is 20.5. The van der Waals surface area contributed by atoms with E-state index in [1.54, 1.807) is 4.40 Å². The Morgan fingerprint density at radius 1 is 0.935 bits per heavy atom. The lowest BCUT2D eigenvalue weighted by atomic mass is 10.1. The fraction of sp³-hybridized carbons (Fsp3) is 0.130. The Kier molecular flexibility index (Phi) is 5.14. The number of hydrogen-bond donors (Lipinski definition) is 1. The lowest BCUT2D eigenvalue weighted by molar-refractivity contribution is -0.274. The van der Waals surface area contributed by atoms with Crippen molar-refractivity contribution in [1.29, 1.82) is 0 Å². The average Bonchev–Trinajstić information content (AvgIpc) is 3.07. The van der Waals surface area contributed by atoms with E-state index in [0.717, 1.165) is 28.8 Å². The molecular formula is C23H18F3N3O2. The molecule has 0 saturated carbocycles. The van der Waals surface area contributed by atoms with E-state index in [9.17, 15) is 18.0 Å². The van der Waals surface area contributed by atoms with E-state index in [1.807, 2.05) is 56.4 Å². The first-order valence-corrected chi connectivity index (χ1v) is 9.42. The van der Waals surface area contributed by atoms with Gasteiger partial charge < -0.3 is 10.1 Å². The molecule has 158 valence electrons. The smallest absolute Gasteiger partial charge is 0.406 e. The lowest BCUT2D eigenvalue weighted by Gasteiger charge is -2.11. The SMILES string of the molecule is Cc1ccc(-c2nc3ccc(C)cn3c2C(=O)Nc2ccc(OC(F)(F)F)cc2)cc1. The number of carbonyl (C=O) groups excluding carboxylic acids is 1. The molecule has 0 fully saturated rings. The Morgan fingerprint density at radius 2 is 1.58 bits per heavy atom. The van der Waals surface area contributed by atoms with Gasteiger partial charge >= 0.3 is 6.36 Å². The Labute approximate surface area is 176 Å². The molecule has 4 rings (SSSR count). The largest absolute Gasteiger partial charge is 0.573 e. The normalized spacial score (nSPS) is 11.5. The topological polar surface area (TPSA) is 55.6 Å². The maximum atomic E-state index is 13.2. The van der Waals surface area contributed by atoms with E-state index in [4.69, 9.17) is 0 Å². The van der Waals surface area contributed by atoms with Crippen molar-refractivity contribution in [2.75, 3.05) is 5.32 Å². The van der Waals surface area contributed by atoms with Gasteiger partial charge in [-0.1, -0.05) is 35.9 Å². The lowest BCUT2D eigenvalue weighted by Crippen LogP contribution is -2.17. The summed E-state index contributed by atoms with van der Waals surface area (Å²) in [5.74, 6) is -0.797. The summed E-state index contributed by atoms with van der Waals surface area (Å²) in [5, 5.41) is 2.73. The first-order chi connectivity index (χ1) is 14.7. The number of fused-ring (bicyclic) bond motifs is 1. The number of rotatable bonds is 4. The molecule has 8 heteroatoms. The van der Waals surface area contributed by atoms with Gasteiger partial charge in [0.2, 0.25) is 0 Å². The van der Waals surface area contributed by atoms with Crippen LogP contribution in [0.2, 0.25) is 0 Å². The van der Waals surface area contributed by atoms with E-state index >= 15 is 0 Å². The number of ether oxygens (including phenoxy) is 1. The molecule has 0 aliphatic carbocycles. The highest BCUT2D eigenvalue weighted by Crippen LogP contribution is 2.27. The van der Waals surface area contributed by atoms with E-state index < -0.39 is 12.3 Å². The van der Waals surface area contributed by atoms with Gasteiger partial charge in [0.05, 0.1) is 0 Å². The zero-order chi connectivity index (χ0) is 22.2. The number of aromatic nitrogens is 2.